The monoisotopic (exact) mass is 455 g/mol. The quantitative estimate of drug-likeness (QED) is 0.628. The third-order valence-electron chi connectivity index (χ3n) is 6.04. The minimum absolute atomic E-state index is 0.0644. The Morgan fingerprint density at radius 3 is 2.40 bits per heavy atom. The Labute approximate surface area is 191 Å². The van der Waals surface area contributed by atoms with Gasteiger partial charge in [-0.05, 0) is 77.5 Å². The van der Waals surface area contributed by atoms with E-state index in [1.807, 2.05) is 39.0 Å². The van der Waals surface area contributed by atoms with E-state index in [9.17, 15) is 4.79 Å². The van der Waals surface area contributed by atoms with Gasteiger partial charge >= 0.3 is 6.09 Å². The SMILES string of the molecule is CC(C)(C)NC(=O)O[C@H]1CC[C@H](CCN2CCN(c3cccc(Cl)c3Cl)CC2)CC1. The van der Waals surface area contributed by atoms with Crippen LogP contribution in [0.3, 0.4) is 0 Å². The summed E-state index contributed by atoms with van der Waals surface area (Å²) >= 11 is 12.5. The van der Waals surface area contributed by atoms with Crippen LogP contribution < -0.4 is 10.2 Å². The molecule has 1 N–H and O–H groups in total. The molecular weight excluding hydrogens is 421 g/mol. The average Bonchev–Trinajstić information content (AvgIpc) is 2.69. The van der Waals surface area contributed by atoms with Crippen molar-refractivity contribution >= 4 is 35.0 Å². The molecule has 1 saturated heterocycles. The molecule has 5 nitrogen and oxygen atoms in total. The van der Waals surface area contributed by atoms with Crippen LogP contribution in [0.1, 0.15) is 52.9 Å². The highest BCUT2D eigenvalue weighted by Gasteiger charge is 2.26. The molecule has 0 bridgehead atoms. The van der Waals surface area contributed by atoms with E-state index in [0.29, 0.717) is 10.0 Å². The zero-order valence-electron chi connectivity index (χ0n) is 18.4. The maximum absolute atomic E-state index is 11.9. The zero-order valence-corrected chi connectivity index (χ0v) is 19.9. The second-order valence-corrected chi connectivity index (χ2v) is 10.4. The Morgan fingerprint density at radius 1 is 1.10 bits per heavy atom. The Bertz CT molecular complexity index is 707. The molecule has 2 aliphatic rings. The Morgan fingerprint density at radius 2 is 1.77 bits per heavy atom. The van der Waals surface area contributed by atoms with Crippen LogP contribution in [0.5, 0.6) is 0 Å². The molecule has 168 valence electrons. The summed E-state index contributed by atoms with van der Waals surface area (Å²) in [4.78, 5) is 16.8. The summed E-state index contributed by atoms with van der Waals surface area (Å²) < 4.78 is 5.60. The Hall–Kier alpha value is -1.17. The second kappa shape index (κ2) is 10.4. The predicted octanol–water partition coefficient (Wildman–Crippen LogP) is 5.59. The lowest BCUT2D eigenvalue weighted by atomic mass is 9.85. The molecule has 30 heavy (non-hydrogen) atoms. The van der Waals surface area contributed by atoms with Crippen molar-refractivity contribution in [3.05, 3.63) is 28.2 Å². The van der Waals surface area contributed by atoms with Gasteiger partial charge in [-0.3, -0.25) is 4.90 Å². The maximum Gasteiger partial charge on any atom is 0.407 e. The molecule has 1 aromatic carbocycles. The molecule has 1 aliphatic carbocycles. The van der Waals surface area contributed by atoms with Gasteiger partial charge in [-0.2, -0.15) is 0 Å². The van der Waals surface area contributed by atoms with Gasteiger partial charge in [-0.15, -0.1) is 0 Å². The Kier molecular flexibility index (Phi) is 8.17. The highest BCUT2D eigenvalue weighted by Crippen LogP contribution is 2.33. The Balaban J connectivity index is 1.34. The highest BCUT2D eigenvalue weighted by atomic mass is 35.5. The lowest BCUT2D eigenvalue weighted by molar-refractivity contribution is 0.0573. The van der Waals surface area contributed by atoms with Crippen molar-refractivity contribution in [1.29, 1.82) is 0 Å². The van der Waals surface area contributed by atoms with Crippen LogP contribution in [0.25, 0.3) is 0 Å². The van der Waals surface area contributed by atoms with E-state index >= 15 is 0 Å². The van der Waals surface area contributed by atoms with Crippen molar-refractivity contribution in [3.8, 4) is 0 Å². The first-order chi connectivity index (χ1) is 14.2. The lowest BCUT2D eigenvalue weighted by Gasteiger charge is -2.37. The molecule has 0 aromatic heterocycles. The maximum atomic E-state index is 11.9. The van der Waals surface area contributed by atoms with Crippen molar-refractivity contribution in [3.63, 3.8) is 0 Å². The number of nitrogens with one attached hydrogen (secondary N) is 1. The number of rotatable bonds is 5. The molecule has 1 amide bonds. The zero-order chi connectivity index (χ0) is 21.7. The van der Waals surface area contributed by atoms with Crippen LogP contribution in [0, 0.1) is 5.92 Å². The number of nitrogens with zero attached hydrogens (tertiary/aromatic N) is 2. The number of hydrogen-bond donors (Lipinski definition) is 1. The first-order valence-corrected chi connectivity index (χ1v) is 11.9. The summed E-state index contributed by atoms with van der Waals surface area (Å²) in [6.07, 6.45) is 5.24. The van der Waals surface area contributed by atoms with E-state index < -0.39 is 0 Å². The van der Waals surface area contributed by atoms with Crippen LogP contribution in [-0.2, 0) is 4.74 Å². The number of halogens is 2. The first-order valence-electron chi connectivity index (χ1n) is 11.1. The van der Waals surface area contributed by atoms with Crippen LogP contribution in [0.2, 0.25) is 10.0 Å². The number of hydrogen-bond acceptors (Lipinski definition) is 4. The van der Waals surface area contributed by atoms with E-state index in [-0.39, 0.29) is 17.7 Å². The van der Waals surface area contributed by atoms with E-state index in [1.165, 1.54) is 6.42 Å². The number of benzene rings is 1. The molecule has 7 heteroatoms. The van der Waals surface area contributed by atoms with Gasteiger partial charge in [0, 0.05) is 31.7 Å². The molecule has 0 atom stereocenters. The van der Waals surface area contributed by atoms with Crippen LogP contribution >= 0.6 is 23.2 Å². The first kappa shape index (κ1) is 23.5. The minimum atomic E-state index is -0.288. The molecule has 0 unspecified atom stereocenters. The third-order valence-corrected chi connectivity index (χ3v) is 6.85. The number of anilines is 1. The summed E-state index contributed by atoms with van der Waals surface area (Å²) in [7, 11) is 0. The number of carbonyl (C=O) groups excluding carboxylic acids is 1. The van der Waals surface area contributed by atoms with Crippen molar-refractivity contribution in [1.82, 2.24) is 10.2 Å². The normalized spacial score (nSPS) is 23.3. The smallest absolute Gasteiger partial charge is 0.407 e. The molecule has 2 fully saturated rings. The number of alkyl carbamates (subject to hydrolysis) is 1. The van der Waals surface area contributed by atoms with E-state index in [0.717, 1.165) is 70.0 Å². The van der Waals surface area contributed by atoms with Gasteiger partial charge < -0.3 is 15.0 Å². The summed E-state index contributed by atoms with van der Waals surface area (Å²) in [6.45, 7) is 11.1. The van der Waals surface area contributed by atoms with Gasteiger partial charge in [0.25, 0.3) is 0 Å². The van der Waals surface area contributed by atoms with Gasteiger partial charge in [-0.1, -0.05) is 29.3 Å². The summed E-state index contributed by atoms with van der Waals surface area (Å²) in [5.41, 5.74) is 0.786. The summed E-state index contributed by atoms with van der Waals surface area (Å²) in [6, 6.07) is 5.84. The molecule has 0 radical (unpaired) electrons. The van der Waals surface area contributed by atoms with Gasteiger partial charge in [0.15, 0.2) is 0 Å². The van der Waals surface area contributed by atoms with Gasteiger partial charge in [-0.25, -0.2) is 4.79 Å². The fourth-order valence-electron chi connectivity index (χ4n) is 4.34. The van der Waals surface area contributed by atoms with Crippen molar-refractivity contribution in [2.24, 2.45) is 5.92 Å². The molecule has 1 aliphatic heterocycles. The van der Waals surface area contributed by atoms with Crippen molar-refractivity contribution in [2.45, 2.75) is 64.5 Å². The second-order valence-electron chi connectivity index (χ2n) is 9.61. The van der Waals surface area contributed by atoms with Crippen LogP contribution in [-0.4, -0.2) is 55.4 Å². The molecular formula is C23H35Cl2N3O2. The number of piperazine rings is 1. The molecule has 0 spiro atoms. The standard InChI is InChI=1S/C23H35Cl2N3O2/c1-23(2,3)26-22(29)30-18-9-7-17(8-10-18)11-12-27-13-15-28(16-14-27)20-6-4-5-19(24)21(20)25/h4-6,17-18H,7-16H2,1-3H3,(H,26,29)/t17-,18-. The average molecular weight is 456 g/mol. The van der Waals surface area contributed by atoms with Gasteiger partial charge in [0.1, 0.15) is 6.10 Å². The predicted molar refractivity (Wildman–Crippen MR) is 125 cm³/mol. The number of ether oxygens (including phenoxy) is 1. The van der Waals surface area contributed by atoms with E-state index in [1.54, 1.807) is 0 Å². The number of amides is 1. The van der Waals surface area contributed by atoms with Crippen LogP contribution in [0.15, 0.2) is 18.2 Å². The topological polar surface area (TPSA) is 44.8 Å². The lowest BCUT2D eigenvalue weighted by Crippen LogP contribution is -2.47. The minimum Gasteiger partial charge on any atom is -0.446 e. The highest BCUT2D eigenvalue weighted by molar-refractivity contribution is 6.43. The largest absolute Gasteiger partial charge is 0.446 e. The molecule has 1 saturated carbocycles. The number of carbonyl (C=O) groups is 1. The van der Waals surface area contributed by atoms with Gasteiger partial charge in [0.05, 0.1) is 15.7 Å². The molecule has 1 aromatic rings. The fraction of sp³-hybridized carbons (Fsp3) is 0.696. The molecule has 3 rings (SSSR count). The third kappa shape index (κ3) is 6.93. The van der Waals surface area contributed by atoms with Crippen molar-refractivity contribution < 1.29 is 9.53 Å². The van der Waals surface area contributed by atoms with Gasteiger partial charge in [0.2, 0.25) is 0 Å². The summed E-state index contributed by atoms with van der Waals surface area (Å²) in [5, 5.41) is 4.15. The van der Waals surface area contributed by atoms with E-state index in [4.69, 9.17) is 27.9 Å². The molecule has 1 heterocycles. The van der Waals surface area contributed by atoms with Crippen molar-refractivity contribution in [2.75, 3.05) is 37.6 Å². The van der Waals surface area contributed by atoms with E-state index in [2.05, 4.69) is 15.1 Å². The summed E-state index contributed by atoms with van der Waals surface area (Å²) in [5.74, 6) is 0.732. The van der Waals surface area contributed by atoms with Crippen LogP contribution in [0.4, 0.5) is 10.5 Å². The fourth-order valence-corrected chi connectivity index (χ4v) is 4.75.